The third kappa shape index (κ3) is 6.62. The predicted molar refractivity (Wildman–Crippen MR) is 92.9 cm³/mol. The van der Waals surface area contributed by atoms with Crippen molar-refractivity contribution >= 4 is 11.9 Å². The van der Waals surface area contributed by atoms with Gasteiger partial charge in [0.15, 0.2) is 0 Å². The van der Waals surface area contributed by atoms with Gasteiger partial charge in [-0.1, -0.05) is 0 Å². The number of aliphatic carboxylic acids is 1. The minimum absolute atomic E-state index is 0.110. The molecule has 25 heavy (non-hydrogen) atoms. The molecule has 7 nitrogen and oxygen atoms in total. The van der Waals surface area contributed by atoms with Crippen LogP contribution >= 0.6 is 0 Å². The van der Waals surface area contributed by atoms with Gasteiger partial charge < -0.3 is 19.9 Å². The fourth-order valence-corrected chi connectivity index (χ4v) is 2.82. The molecule has 2 N–H and O–H groups in total. The Kier molecular flexibility index (Phi) is 7.53. The Morgan fingerprint density at radius 3 is 2.56 bits per heavy atom. The van der Waals surface area contributed by atoms with Gasteiger partial charge >= 0.3 is 5.97 Å². The average Bonchev–Trinajstić information content (AvgIpc) is 2.60. The van der Waals surface area contributed by atoms with Crippen LogP contribution in [0.4, 0.5) is 0 Å². The number of likely N-dealkylation sites (tertiary alicyclic amines) is 1. The summed E-state index contributed by atoms with van der Waals surface area (Å²) in [6, 6.07) is 7.33. The first-order valence-corrected chi connectivity index (χ1v) is 8.66. The van der Waals surface area contributed by atoms with Gasteiger partial charge in [-0.3, -0.25) is 14.5 Å². The van der Waals surface area contributed by atoms with Crippen LogP contribution < -0.4 is 14.8 Å². The van der Waals surface area contributed by atoms with Crippen LogP contribution in [0.25, 0.3) is 0 Å². The number of carbonyl (C=O) groups excluding carboxylic acids is 1. The maximum atomic E-state index is 11.9. The SMILES string of the molecule is CCOc1ccc(OCCNC(=O)CN2CCCC(C(=O)O)C2)cc1. The Labute approximate surface area is 147 Å². The predicted octanol–water partition coefficient (Wildman–Crippen LogP) is 1.38. The molecule has 1 aromatic carbocycles. The van der Waals surface area contributed by atoms with Gasteiger partial charge in [-0.15, -0.1) is 0 Å². The number of piperidine rings is 1. The molecule has 0 saturated carbocycles. The number of hydrogen-bond acceptors (Lipinski definition) is 5. The zero-order valence-corrected chi connectivity index (χ0v) is 14.6. The molecule has 1 aliphatic heterocycles. The van der Waals surface area contributed by atoms with Crippen LogP contribution in [0.15, 0.2) is 24.3 Å². The summed E-state index contributed by atoms with van der Waals surface area (Å²) in [4.78, 5) is 24.9. The third-order valence-electron chi connectivity index (χ3n) is 4.05. The first kappa shape index (κ1) is 19.1. The first-order chi connectivity index (χ1) is 12.1. The van der Waals surface area contributed by atoms with Crippen molar-refractivity contribution in [1.82, 2.24) is 10.2 Å². The average molecular weight is 350 g/mol. The first-order valence-electron chi connectivity index (χ1n) is 8.66. The highest BCUT2D eigenvalue weighted by molar-refractivity contribution is 5.78. The molecule has 0 aromatic heterocycles. The summed E-state index contributed by atoms with van der Waals surface area (Å²) in [5.41, 5.74) is 0. The number of carboxylic acids is 1. The van der Waals surface area contributed by atoms with E-state index >= 15 is 0 Å². The van der Waals surface area contributed by atoms with Crippen molar-refractivity contribution in [2.45, 2.75) is 19.8 Å². The second-order valence-electron chi connectivity index (χ2n) is 6.02. The summed E-state index contributed by atoms with van der Waals surface area (Å²) in [5.74, 6) is 0.252. The zero-order valence-electron chi connectivity index (χ0n) is 14.6. The van der Waals surface area contributed by atoms with E-state index in [4.69, 9.17) is 14.6 Å². The smallest absolute Gasteiger partial charge is 0.307 e. The maximum Gasteiger partial charge on any atom is 0.307 e. The maximum absolute atomic E-state index is 11.9. The van der Waals surface area contributed by atoms with Gasteiger partial charge in [0, 0.05) is 6.54 Å². The molecular weight excluding hydrogens is 324 g/mol. The number of hydrogen-bond donors (Lipinski definition) is 2. The Bertz CT molecular complexity index is 561. The van der Waals surface area contributed by atoms with E-state index in [0.717, 1.165) is 24.5 Å². The molecule has 1 fully saturated rings. The van der Waals surface area contributed by atoms with Crippen molar-refractivity contribution in [3.8, 4) is 11.5 Å². The summed E-state index contributed by atoms with van der Waals surface area (Å²) < 4.78 is 10.9. The monoisotopic (exact) mass is 350 g/mol. The standard InChI is InChI=1S/C18H26N2O5/c1-2-24-15-5-7-16(8-6-15)25-11-9-19-17(21)13-20-10-3-4-14(12-20)18(22)23/h5-8,14H,2-4,9-13H2,1H3,(H,19,21)(H,22,23). The van der Waals surface area contributed by atoms with Gasteiger partial charge in [0.05, 0.1) is 25.6 Å². The molecule has 0 spiro atoms. The van der Waals surface area contributed by atoms with E-state index in [2.05, 4.69) is 5.32 Å². The van der Waals surface area contributed by atoms with Gasteiger partial charge in [0.1, 0.15) is 18.1 Å². The highest BCUT2D eigenvalue weighted by Gasteiger charge is 2.26. The Morgan fingerprint density at radius 1 is 1.24 bits per heavy atom. The van der Waals surface area contributed by atoms with Gasteiger partial charge in [-0.2, -0.15) is 0 Å². The molecule has 0 radical (unpaired) electrons. The molecule has 1 heterocycles. The largest absolute Gasteiger partial charge is 0.494 e. The highest BCUT2D eigenvalue weighted by atomic mass is 16.5. The number of benzene rings is 1. The second-order valence-corrected chi connectivity index (χ2v) is 6.02. The van der Waals surface area contributed by atoms with Crippen LogP contribution in [-0.4, -0.2) is 61.3 Å². The van der Waals surface area contributed by atoms with Crippen molar-refractivity contribution in [2.24, 2.45) is 5.92 Å². The van der Waals surface area contributed by atoms with Crippen molar-refractivity contribution in [3.63, 3.8) is 0 Å². The lowest BCUT2D eigenvalue weighted by Gasteiger charge is -2.29. The van der Waals surface area contributed by atoms with Crippen LogP contribution in [0.3, 0.4) is 0 Å². The summed E-state index contributed by atoms with van der Waals surface area (Å²) in [7, 11) is 0. The van der Waals surface area contributed by atoms with Crippen LogP contribution in [0.1, 0.15) is 19.8 Å². The van der Waals surface area contributed by atoms with Crippen molar-refractivity contribution in [1.29, 1.82) is 0 Å². The third-order valence-corrected chi connectivity index (χ3v) is 4.05. The van der Waals surface area contributed by atoms with E-state index in [1.165, 1.54) is 0 Å². The van der Waals surface area contributed by atoms with E-state index < -0.39 is 5.97 Å². The quantitative estimate of drug-likeness (QED) is 0.654. The number of amides is 1. The molecule has 2 rings (SSSR count). The molecule has 1 atom stereocenters. The van der Waals surface area contributed by atoms with Crippen LogP contribution in [0, 0.1) is 5.92 Å². The van der Waals surface area contributed by atoms with Gasteiger partial charge in [-0.25, -0.2) is 0 Å². The summed E-state index contributed by atoms with van der Waals surface area (Å²) in [6.07, 6.45) is 1.49. The van der Waals surface area contributed by atoms with Crippen molar-refractivity contribution in [3.05, 3.63) is 24.3 Å². The molecule has 1 amide bonds. The van der Waals surface area contributed by atoms with Gasteiger partial charge in [-0.05, 0) is 50.6 Å². The van der Waals surface area contributed by atoms with E-state index in [1.54, 1.807) is 0 Å². The lowest BCUT2D eigenvalue weighted by Crippen LogP contribution is -2.44. The Hall–Kier alpha value is -2.28. The number of ether oxygens (including phenoxy) is 2. The van der Waals surface area contributed by atoms with Crippen LogP contribution in [0.2, 0.25) is 0 Å². The van der Waals surface area contributed by atoms with Crippen LogP contribution in [0.5, 0.6) is 11.5 Å². The van der Waals surface area contributed by atoms with Crippen molar-refractivity contribution < 1.29 is 24.2 Å². The molecule has 0 bridgehead atoms. The van der Waals surface area contributed by atoms with Gasteiger partial charge in [0.2, 0.25) is 5.91 Å². The summed E-state index contributed by atoms with van der Waals surface area (Å²) in [6.45, 7) is 4.76. The normalized spacial score (nSPS) is 17.7. The fraction of sp³-hybridized carbons (Fsp3) is 0.556. The highest BCUT2D eigenvalue weighted by Crippen LogP contribution is 2.17. The van der Waals surface area contributed by atoms with E-state index in [1.807, 2.05) is 36.1 Å². The molecule has 138 valence electrons. The topological polar surface area (TPSA) is 88.1 Å². The van der Waals surface area contributed by atoms with E-state index in [-0.39, 0.29) is 18.4 Å². The molecule has 1 aromatic rings. The molecular formula is C18H26N2O5. The van der Waals surface area contributed by atoms with Gasteiger partial charge in [0.25, 0.3) is 0 Å². The molecule has 7 heteroatoms. The second kappa shape index (κ2) is 9.88. The minimum atomic E-state index is -0.783. The zero-order chi connectivity index (χ0) is 18.1. The molecule has 1 saturated heterocycles. The van der Waals surface area contributed by atoms with E-state index in [9.17, 15) is 9.59 Å². The molecule has 1 unspecified atom stereocenters. The minimum Gasteiger partial charge on any atom is -0.494 e. The van der Waals surface area contributed by atoms with E-state index in [0.29, 0.717) is 32.7 Å². The van der Waals surface area contributed by atoms with Crippen molar-refractivity contribution in [2.75, 3.05) is 39.4 Å². The lowest BCUT2D eigenvalue weighted by molar-refractivity contribution is -0.144. The molecule has 1 aliphatic rings. The Morgan fingerprint density at radius 2 is 1.92 bits per heavy atom. The number of nitrogens with one attached hydrogen (secondary N) is 1. The number of rotatable bonds is 9. The summed E-state index contributed by atoms with van der Waals surface area (Å²) >= 11 is 0. The fourth-order valence-electron chi connectivity index (χ4n) is 2.82. The Balaban J connectivity index is 1.62. The number of carboxylic acid groups (broad SMARTS) is 1. The number of nitrogens with zero attached hydrogens (tertiary/aromatic N) is 1. The lowest BCUT2D eigenvalue weighted by atomic mass is 9.98. The number of carbonyl (C=O) groups is 2. The molecule has 0 aliphatic carbocycles. The van der Waals surface area contributed by atoms with Crippen LogP contribution in [-0.2, 0) is 9.59 Å². The summed E-state index contributed by atoms with van der Waals surface area (Å²) in [5, 5.41) is 11.9.